The van der Waals surface area contributed by atoms with E-state index in [4.69, 9.17) is 5.11 Å². The monoisotopic (exact) mass is 722 g/mol. The minimum absolute atomic E-state index is 0. The van der Waals surface area contributed by atoms with E-state index < -0.39 is 5.97 Å². The van der Waals surface area contributed by atoms with Gasteiger partial charge in [-0.2, -0.15) is 10.4 Å². The van der Waals surface area contributed by atoms with Crippen LogP contribution in [0.4, 0.5) is 0 Å². The highest BCUT2D eigenvalue weighted by Gasteiger charge is 2.37. The highest BCUT2D eigenvalue weighted by molar-refractivity contribution is 5.73. The van der Waals surface area contributed by atoms with Crippen molar-refractivity contribution < 1.29 is 9.90 Å². The van der Waals surface area contributed by atoms with Gasteiger partial charge in [-0.05, 0) is 134 Å². The maximum atomic E-state index is 10.8. The Morgan fingerprint density at radius 1 is 0.588 bits per heavy atom. The SMILES string of the molecule is C.CC(C)(C)N1CCC[C@H]1C(=O)O.CC(C)(C)c1nn[nH]n1.CC(C)(C)c1nn[nH]n1.CC1CCCN1C(C)(C)C.C[C@@H]1CCCN1C(C)(C)C. The first kappa shape index (κ1) is 48.5. The van der Waals surface area contributed by atoms with Gasteiger partial charge in [0.2, 0.25) is 0 Å². The lowest BCUT2D eigenvalue weighted by molar-refractivity contribution is -0.143. The van der Waals surface area contributed by atoms with Gasteiger partial charge in [0, 0.05) is 39.5 Å². The van der Waals surface area contributed by atoms with Crippen LogP contribution in [-0.2, 0) is 15.6 Å². The lowest BCUT2D eigenvalue weighted by Crippen LogP contribution is -2.47. The van der Waals surface area contributed by atoms with E-state index in [0.717, 1.165) is 43.1 Å². The largest absolute Gasteiger partial charge is 0.480 e. The van der Waals surface area contributed by atoms with E-state index in [1.165, 1.54) is 38.8 Å². The second kappa shape index (κ2) is 20.1. The predicted octanol–water partition coefficient (Wildman–Crippen LogP) is 7.50. The van der Waals surface area contributed by atoms with Crippen molar-refractivity contribution in [3.8, 4) is 0 Å². The maximum absolute atomic E-state index is 10.8. The summed E-state index contributed by atoms with van der Waals surface area (Å²) >= 11 is 0. The molecule has 3 aliphatic heterocycles. The van der Waals surface area contributed by atoms with Gasteiger partial charge in [0.25, 0.3) is 0 Å². The molecule has 0 aliphatic carbocycles. The fourth-order valence-electron chi connectivity index (χ4n) is 6.65. The molecule has 0 radical (unpaired) electrons. The van der Waals surface area contributed by atoms with Crippen molar-refractivity contribution in [2.45, 2.75) is 209 Å². The molecule has 5 heterocycles. The van der Waals surface area contributed by atoms with Gasteiger partial charge in [0.1, 0.15) is 6.04 Å². The number of carbonyl (C=O) groups is 1. The van der Waals surface area contributed by atoms with E-state index in [0.29, 0.717) is 11.1 Å². The third-order valence-electron chi connectivity index (χ3n) is 9.26. The molecular formula is C38H79N11O2. The minimum Gasteiger partial charge on any atom is -0.480 e. The molecule has 3 saturated heterocycles. The van der Waals surface area contributed by atoms with E-state index in [1.807, 2.05) is 41.5 Å². The number of hydrogen-bond acceptors (Lipinski definition) is 10. The first-order valence-electron chi connectivity index (χ1n) is 18.7. The Morgan fingerprint density at radius 2 is 0.902 bits per heavy atom. The molecule has 2 aromatic rings. The molecule has 0 aromatic carbocycles. The molecule has 1 unspecified atom stereocenters. The zero-order valence-corrected chi connectivity index (χ0v) is 35.0. The zero-order chi connectivity index (χ0) is 38.7. The summed E-state index contributed by atoms with van der Waals surface area (Å²) in [4.78, 5) is 18.1. The molecule has 0 saturated carbocycles. The van der Waals surface area contributed by atoms with Gasteiger partial charge in [0.15, 0.2) is 11.6 Å². The number of carboxylic acid groups (broad SMARTS) is 1. The van der Waals surface area contributed by atoms with Crippen LogP contribution in [0.25, 0.3) is 0 Å². The highest BCUT2D eigenvalue weighted by Crippen LogP contribution is 2.27. The second-order valence-corrected chi connectivity index (χ2v) is 19.0. The molecule has 3 fully saturated rings. The second-order valence-electron chi connectivity index (χ2n) is 19.0. The summed E-state index contributed by atoms with van der Waals surface area (Å²) in [6, 6.07) is 1.35. The lowest BCUT2D eigenvalue weighted by Gasteiger charge is -2.35. The molecule has 3 N–H and O–H groups in total. The summed E-state index contributed by atoms with van der Waals surface area (Å²) < 4.78 is 0. The van der Waals surface area contributed by atoms with Crippen LogP contribution < -0.4 is 0 Å². The third-order valence-corrected chi connectivity index (χ3v) is 9.26. The average molecular weight is 722 g/mol. The van der Waals surface area contributed by atoms with Crippen LogP contribution in [0.5, 0.6) is 0 Å². The number of rotatable bonds is 1. The van der Waals surface area contributed by atoms with Crippen molar-refractivity contribution in [2.24, 2.45) is 0 Å². The number of hydrogen-bond donors (Lipinski definition) is 3. The fraction of sp³-hybridized carbons (Fsp3) is 0.921. The first-order chi connectivity index (χ1) is 22.7. The Bertz CT molecular complexity index is 1120. The summed E-state index contributed by atoms with van der Waals surface area (Å²) in [6.45, 7) is 40.4. The van der Waals surface area contributed by atoms with Crippen molar-refractivity contribution >= 4 is 5.97 Å². The number of aliphatic carboxylic acids is 1. The molecule has 0 bridgehead atoms. The van der Waals surface area contributed by atoms with E-state index >= 15 is 0 Å². The molecule has 51 heavy (non-hydrogen) atoms. The Morgan fingerprint density at radius 3 is 1.06 bits per heavy atom. The first-order valence-corrected chi connectivity index (χ1v) is 18.7. The molecule has 3 atom stereocenters. The molecule has 0 spiro atoms. The molecule has 3 aliphatic rings. The molecule has 0 amide bonds. The van der Waals surface area contributed by atoms with Gasteiger partial charge >= 0.3 is 5.97 Å². The molecule has 5 rings (SSSR count). The van der Waals surface area contributed by atoms with Crippen molar-refractivity contribution in [3.05, 3.63) is 11.6 Å². The van der Waals surface area contributed by atoms with Crippen molar-refractivity contribution in [1.82, 2.24) is 55.9 Å². The summed E-state index contributed by atoms with van der Waals surface area (Å²) in [5.41, 5.74) is 0.769. The molecule has 2 aromatic heterocycles. The maximum Gasteiger partial charge on any atom is 0.320 e. The Hall–Kier alpha value is -2.51. The number of nitrogens with zero attached hydrogens (tertiary/aromatic N) is 9. The van der Waals surface area contributed by atoms with Gasteiger partial charge in [-0.3, -0.25) is 19.5 Å². The average Bonchev–Trinajstić information content (AvgIpc) is 3.77. The van der Waals surface area contributed by atoms with E-state index in [-0.39, 0.29) is 29.8 Å². The number of tetrazole rings is 2. The van der Waals surface area contributed by atoms with Crippen molar-refractivity contribution in [1.29, 1.82) is 0 Å². The normalized spacial score (nSPS) is 21.9. The molecule has 13 nitrogen and oxygen atoms in total. The van der Waals surface area contributed by atoms with Crippen LogP contribution in [-0.4, -0.2) is 121 Å². The van der Waals surface area contributed by atoms with Crippen LogP contribution in [0.15, 0.2) is 0 Å². The number of likely N-dealkylation sites (tertiary alicyclic amines) is 3. The number of aromatic nitrogens is 8. The lowest BCUT2D eigenvalue weighted by atomic mass is 9.96. The fourth-order valence-corrected chi connectivity index (χ4v) is 6.65. The van der Waals surface area contributed by atoms with E-state index in [9.17, 15) is 4.79 Å². The van der Waals surface area contributed by atoms with Crippen molar-refractivity contribution in [2.75, 3.05) is 19.6 Å². The number of carboxylic acids is 1. The van der Waals surface area contributed by atoms with Crippen LogP contribution in [0, 0.1) is 0 Å². The Labute approximate surface area is 311 Å². The van der Waals surface area contributed by atoms with Gasteiger partial charge in [-0.15, -0.1) is 20.4 Å². The van der Waals surface area contributed by atoms with Gasteiger partial charge < -0.3 is 5.11 Å². The van der Waals surface area contributed by atoms with E-state index in [2.05, 4.69) is 132 Å². The van der Waals surface area contributed by atoms with Gasteiger partial charge in [-0.1, -0.05) is 59.4 Å². The van der Waals surface area contributed by atoms with Gasteiger partial charge in [0.05, 0.1) is 0 Å². The molecule has 298 valence electrons. The quantitative estimate of drug-likeness (QED) is 0.268. The Balaban J connectivity index is 0.000000612. The number of aromatic amines is 2. The standard InChI is InChI=1S/C9H17NO2.2C9H19N.2C5H10N4.CH4/c1-9(2,3)10-6-4-5-7(10)8(11)12;2*1-8-6-5-7-10(8)9(2,3)4;2*1-5(2,3)4-6-8-9-7-4;/h7H,4-6H2,1-3H3,(H,11,12);2*8H,5-7H2,1-4H3;2*1-3H3,(H,6,7,8,9);1H4/t7-;8-;;;;/m01..../s1. The highest BCUT2D eigenvalue weighted by atomic mass is 16.4. The van der Waals surface area contributed by atoms with Gasteiger partial charge in [-0.25, -0.2) is 0 Å². The number of nitrogens with one attached hydrogen (secondary N) is 2. The van der Waals surface area contributed by atoms with Crippen LogP contribution in [0.2, 0.25) is 0 Å². The van der Waals surface area contributed by atoms with Crippen LogP contribution in [0.1, 0.15) is 175 Å². The smallest absolute Gasteiger partial charge is 0.320 e. The van der Waals surface area contributed by atoms with Crippen molar-refractivity contribution in [3.63, 3.8) is 0 Å². The summed E-state index contributed by atoms with van der Waals surface area (Å²) in [6.07, 6.45) is 7.35. The molecular weight excluding hydrogens is 642 g/mol. The topological polar surface area (TPSA) is 156 Å². The summed E-state index contributed by atoms with van der Waals surface area (Å²) in [5.74, 6) is 0.826. The van der Waals surface area contributed by atoms with E-state index in [1.54, 1.807) is 0 Å². The third kappa shape index (κ3) is 17.2. The number of H-pyrrole nitrogens is 2. The minimum atomic E-state index is -0.678. The summed E-state index contributed by atoms with van der Waals surface area (Å²) in [7, 11) is 0. The van der Waals surface area contributed by atoms with Crippen LogP contribution in [0.3, 0.4) is 0 Å². The van der Waals surface area contributed by atoms with Crippen LogP contribution >= 0.6 is 0 Å². The summed E-state index contributed by atoms with van der Waals surface area (Å²) in [5, 5.41) is 36.0. The zero-order valence-electron chi connectivity index (χ0n) is 35.0. The Kier molecular flexibility index (Phi) is 19.1. The predicted molar refractivity (Wildman–Crippen MR) is 210 cm³/mol. The molecule has 13 heteroatoms.